The first-order valence-corrected chi connectivity index (χ1v) is 15.6. The normalized spacial score (nSPS) is 11.3. The molecular weight excluding hydrogens is 594 g/mol. The number of nitrogens with zero attached hydrogens (tertiary/aromatic N) is 2. The Kier molecular flexibility index (Phi) is 9.74. The highest BCUT2D eigenvalue weighted by Crippen LogP contribution is 2.31. The molecule has 0 atom stereocenters. The third-order valence-corrected chi connectivity index (χ3v) is 8.83. The summed E-state index contributed by atoms with van der Waals surface area (Å²) in [5.74, 6) is 0.339. The fourth-order valence-corrected chi connectivity index (χ4v) is 6.12. The molecule has 0 spiro atoms. The van der Waals surface area contributed by atoms with E-state index in [0.29, 0.717) is 28.4 Å². The lowest BCUT2D eigenvalue weighted by molar-refractivity contribution is 0.0955. The second kappa shape index (κ2) is 14.0. The van der Waals surface area contributed by atoms with Crippen LogP contribution >= 0.6 is 11.6 Å². The van der Waals surface area contributed by atoms with Crippen molar-refractivity contribution in [1.82, 2.24) is 5.43 Å². The van der Waals surface area contributed by atoms with Gasteiger partial charge in [-0.1, -0.05) is 78.3 Å². The van der Waals surface area contributed by atoms with Crippen LogP contribution in [0.25, 0.3) is 0 Å². The van der Waals surface area contributed by atoms with Gasteiger partial charge in [0.05, 0.1) is 23.3 Å². The van der Waals surface area contributed by atoms with Crippen LogP contribution < -0.4 is 14.5 Å². The van der Waals surface area contributed by atoms with Crippen LogP contribution in [0.1, 0.15) is 32.6 Å². The zero-order valence-corrected chi connectivity index (χ0v) is 25.5. The number of hydrogen-bond acceptors (Lipinski definition) is 5. The average Bonchev–Trinajstić information content (AvgIpc) is 3.05. The topological polar surface area (TPSA) is 88.1 Å². The zero-order valence-electron chi connectivity index (χ0n) is 23.9. The summed E-state index contributed by atoms with van der Waals surface area (Å²) in [5.41, 5.74) is 6.73. The molecule has 0 saturated heterocycles. The van der Waals surface area contributed by atoms with E-state index in [1.165, 1.54) is 4.31 Å². The largest absolute Gasteiger partial charge is 0.489 e. The number of benzene rings is 5. The molecular formula is C35H30ClN3O4S. The van der Waals surface area contributed by atoms with Crippen molar-refractivity contribution in [3.8, 4) is 5.75 Å². The SMILES string of the molecule is Cc1ccc(Cl)cc1N(Cc1ccc(C(=O)NN=Cc2ccc(OCc3ccccc3)cc2)cc1)S(=O)(=O)c1ccccc1. The third kappa shape index (κ3) is 7.72. The van der Waals surface area contributed by atoms with Crippen molar-refractivity contribution in [2.45, 2.75) is 25.0 Å². The van der Waals surface area contributed by atoms with Crippen molar-refractivity contribution in [2.75, 3.05) is 4.31 Å². The van der Waals surface area contributed by atoms with E-state index in [1.807, 2.05) is 61.5 Å². The van der Waals surface area contributed by atoms with Crippen molar-refractivity contribution in [1.29, 1.82) is 0 Å². The molecule has 0 radical (unpaired) electrons. The first kappa shape index (κ1) is 30.5. The summed E-state index contributed by atoms with van der Waals surface area (Å²) in [7, 11) is -3.91. The van der Waals surface area contributed by atoms with E-state index in [9.17, 15) is 13.2 Å². The number of aryl methyl sites for hydroxylation is 1. The molecule has 0 fully saturated rings. The van der Waals surface area contributed by atoms with Gasteiger partial charge in [0.1, 0.15) is 12.4 Å². The number of ether oxygens (including phenoxy) is 1. The molecule has 0 aliphatic heterocycles. The molecule has 0 aromatic heterocycles. The molecule has 0 aliphatic rings. The van der Waals surface area contributed by atoms with Gasteiger partial charge in [0, 0.05) is 10.6 Å². The number of amides is 1. The van der Waals surface area contributed by atoms with Crippen LogP contribution in [0.15, 0.2) is 137 Å². The van der Waals surface area contributed by atoms with Gasteiger partial charge < -0.3 is 4.74 Å². The van der Waals surface area contributed by atoms with Gasteiger partial charge in [-0.3, -0.25) is 9.10 Å². The molecule has 0 saturated carbocycles. The van der Waals surface area contributed by atoms with Crippen LogP contribution in [0, 0.1) is 6.92 Å². The monoisotopic (exact) mass is 623 g/mol. The first-order valence-electron chi connectivity index (χ1n) is 13.8. The molecule has 0 unspecified atom stereocenters. The molecule has 5 aromatic carbocycles. The van der Waals surface area contributed by atoms with Crippen molar-refractivity contribution >= 4 is 39.4 Å². The minimum absolute atomic E-state index is 0.0452. The smallest absolute Gasteiger partial charge is 0.271 e. The Bertz CT molecular complexity index is 1850. The van der Waals surface area contributed by atoms with E-state index >= 15 is 0 Å². The zero-order chi connectivity index (χ0) is 30.9. The first-order chi connectivity index (χ1) is 21.3. The van der Waals surface area contributed by atoms with Gasteiger partial charge in [-0.2, -0.15) is 5.10 Å². The summed E-state index contributed by atoms with van der Waals surface area (Å²) in [6.45, 7) is 2.36. The summed E-state index contributed by atoms with van der Waals surface area (Å²) in [5, 5.41) is 4.50. The summed E-state index contributed by atoms with van der Waals surface area (Å²) >= 11 is 6.25. The number of nitrogens with one attached hydrogen (secondary N) is 1. The molecule has 7 nitrogen and oxygen atoms in total. The van der Waals surface area contributed by atoms with Gasteiger partial charge in [-0.05, 0) is 89.8 Å². The predicted octanol–water partition coefficient (Wildman–Crippen LogP) is 7.39. The van der Waals surface area contributed by atoms with Crippen molar-refractivity contribution in [3.63, 3.8) is 0 Å². The molecule has 222 valence electrons. The molecule has 0 aliphatic carbocycles. The highest BCUT2D eigenvalue weighted by Gasteiger charge is 2.26. The molecule has 5 aromatic rings. The maximum atomic E-state index is 13.7. The third-order valence-electron chi connectivity index (χ3n) is 6.82. The van der Waals surface area contributed by atoms with Crippen molar-refractivity contribution in [2.24, 2.45) is 5.10 Å². The predicted molar refractivity (Wildman–Crippen MR) is 175 cm³/mol. The summed E-state index contributed by atoms with van der Waals surface area (Å²) in [6.07, 6.45) is 1.55. The Labute approximate surface area is 262 Å². The Morgan fingerprint density at radius 3 is 2.18 bits per heavy atom. The van der Waals surface area contributed by atoms with Gasteiger partial charge >= 0.3 is 0 Å². The van der Waals surface area contributed by atoms with Crippen LogP contribution in [0.2, 0.25) is 5.02 Å². The van der Waals surface area contributed by atoms with Gasteiger partial charge in [0.2, 0.25) is 0 Å². The van der Waals surface area contributed by atoms with E-state index in [2.05, 4.69) is 10.5 Å². The molecule has 0 heterocycles. The fraction of sp³-hybridized carbons (Fsp3) is 0.0857. The number of hydrazone groups is 1. The minimum Gasteiger partial charge on any atom is -0.489 e. The number of halogens is 1. The lowest BCUT2D eigenvalue weighted by Crippen LogP contribution is -2.31. The summed E-state index contributed by atoms with van der Waals surface area (Å²) in [4.78, 5) is 12.9. The lowest BCUT2D eigenvalue weighted by atomic mass is 10.1. The number of carbonyl (C=O) groups excluding carboxylic acids is 1. The molecule has 1 amide bonds. The summed E-state index contributed by atoms with van der Waals surface area (Å²) in [6, 6.07) is 37.4. The maximum Gasteiger partial charge on any atom is 0.271 e. The van der Waals surface area contributed by atoms with Gasteiger partial charge in [0.15, 0.2) is 0 Å². The van der Waals surface area contributed by atoms with Crippen molar-refractivity contribution in [3.05, 3.63) is 160 Å². The van der Waals surface area contributed by atoms with Crippen molar-refractivity contribution < 1.29 is 17.9 Å². The van der Waals surface area contributed by atoms with Crippen LogP contribution in [0.4, 0.5) is 5.69 Å². The number of hydrogen-bond donors (Lipinski definition) is 1. The minimum atomic E-state index is -3.91. The number of carbonyl (C=O) groups is 1. The highest BCUT2D eigenvalue weighted by atomic mass is 35.5. The Hall–Kier alpha value is -4.92. The number of rotatable bonds is 11. The van der Waals surface area contributed by atoms with Gasteiger partial charge in [-0.15, -0.1) is 0 Å². The maximum absolute atomic E-state index is 13.7. The van der Waals surface area contributed by atoms with Crippen LogP contribution in [0.3, 0.4) is 0 Å². The van der Waals surface area contributed by atoms with E-state index in [4.69, 9.17) is 16.3 Å². The van der Waals surface area contributed by atoms with Crippen LogP contribution in [0.5, 0.6) is 5.75 Å². The quantitative estimate of drug-likeness (QED) is 0.123. The standard InChI is InChI=1S/C35H30ClN3O4S/c1-26-12-19-31(36)22-34(26)39(44(41,42)33-10-6-3-7-11-33)24-28-13-17-30(18-14-28)35(40)38-37-23-27-15-20-32(21-16-27)43-25-29-8-4-2-5-9-29/h2-23H,24-25H2,1H3,(H,38,40). The molecule has 1 N–H and O–H groups in total. The van der Waals surface area contributed by atoms with Gasteiger partial charge in [0.25, 0.3) is 15.9 Å². The van der Waals surface area contributed by atoms with Gasteiger partial charge in [-0.25, -0.2) is 13.8 Å². The van der Waals surface area contributed by atoms with E-state index in [0.717, 1.165) is 22.4 Å². The Morgan fingerprint density at radius 2 is 1.50 bits per heavy atom. The highest BCUT2D eigenvalue weighted by molar-refractivity contribution is 7.92. The molecule has 5 rings (SSSR count). The average molecular weight is 624 g/mol. The van der Waals surface area contributed by atoms with Crippen LogP contribution in [-0.4, -0.2) is 20.5 Å². The second-order valence-electron chi connectivity index (χ2n) is 9.99. The number of anilines is 1. The Morgan fingerprint density at radius 1 is 0.841 bits per heavy atom. The molecule has 9 heteroatoms. The number of sulfonamides is 1. The van der Waals surface area contributed by atoms with Crippen LogP contribution in [-0.2, 0) is 23.2 Å². The molecule has 0 bridgehead atoms. The lowest BCUT2D eigenvalue weighted by Gasteiger charge is -2.26. The van der Waals surface area contributed by atoms with E-state index < -0.39 is 15.9 Å². The van der Waals surface area contributed by atoms with E-state index in [-0.39, 0.29) is 11.4 Å². The summed E-state index contributed by atoms with van der Waals surface area (Å²) < 4.78 is 34.6. The fourth-order valence-electron chi connectivity index (χ4n) is 4.42. The Balaban J connectivity index is 1.23. The molecule has 44 heavy (non-hydrogen) atoms. The second-order valence-corrected chi connectivity index (χ2v) is 12.3. The van der Waals surface area contributed by atoms with E-state index in [1.54, 1.807) is 79.0 Å².